The SMILES string of the molecule is C=CC(=O)OCC(COC(=O)C=C)(CSc1ccccc1)CSc1ccccc1. The van der Waals surface area contributed by atoms with Crippen molar-refractivity contribution < 1.29 is 19.1 Å². The van der Waals surface area contributed by atoms with E-state index in [-0.39, 0.29) is 13.2 Å². The number of benzene rings is 2. The Kier molecular flexibility index (Phi) is 9.60. The maximum absolute atomic E-state index is 11.7. The molecule has 152 valence electrons. The quantitative estimate of drug-likeness (QED) is 0.269. The lowest BCUT2D eigenvalue weighted by molar-refractivity contribution is -0.145. The Morgan fingerprint density at radius 3 is 1.48 bits per heavy atom. The van der Waals surface area contributed by atoms with E-state index in [1.807, 2.05) is 60.7 Å². The smallest absolute Gasteiger partial charge is 0.330 e. The van der Waals surface area contributed by atoms with Crippen LogP contribution in [0.2, 0.25) is 0 Å². The monoisotopic (exact) mass is 428 g/mol. The van der Waals surface area contributed by atoms with Crippen LogP contribution in [0.25, 0.3) is 0 Å². The van der Waals surface area contributed by atoms with Crippen LogP contribution in [0.5, 0.6) is 0 Å². The third-order valence-electron chi connectivity index (χ3n) is 3.95. The van der Waals surface area contributed by atoms with Crippen molar-refractivity contribution >= 4 is 35.5 Å². The van der Waals surface area contributed by atoms with Gasteiger partial charge in [0.1, 0.15) is 13.2 Å². The number of hydrogen-bond acceptors (Lipinski definition) is 6. The molecule has 0 aromatic heterocycles. The van der Waals surface area contributed by atoms with Gasteiger partial charge >= 0.3 is 11.9 Å². The van der Waals surface area contributed by atoms with E-state index < -0.39 is 17.4 Å². The fourth-order valence-corrected chi connectivity index (χ4v) is 4.63. The number of carbonyl (C=O) groups is 2. The number of ether oxygens (including phenoxy) is 2. The molecule has 4 nitrogen and oxygen atoms in total. The van der Waals surface area contributed by atoms with Gasteiger partial charge in [0.05, 0.1) is 5.41 Å². The van der Waals surface area contributed by atoms with Gasteiger partial charge < -0.3 is 9.47 Å². The van der Waals surface area contributed by atoms with E-state index in [1.165, 1.54) is 0 Å². The maximum Gasteiger partial charge on any atom is 0.330 e. The molecule has 0 amide bonds. The van der Waals surface area contributed by atoms with E-state index in [0.29, 0.717) is 11.5 Å². The minimum absolute atomic E-state index is 0.113. The third-order valence-corrected chi connectivity index (χ3v) is 6.68. The normalized spacial score (nSPS) is 10.8. The first-order valence-corrected chi connectivity index (χ1v) is 11.0. The highest BCUT2D eigenvalue weighted by molar-refractivity contribution is 8.00. The van der Waals surface area contributed by atoms with Crippen LogP contribution in [-0.4, -0.2) is 36.7 Å². The summed E-state index contributed by atoms with van der Waals surface area (Å²) >= 11 is 3.27. The molecular formula is C23H24O4S2. The lowest BCUT2D eigenvalue weighted by Crippen LogP contribution is -2.39. The van der Waals surface area contributed by atoms with Crippen molar-refractivity contribution in [2.45, 2.75) is 9.79 Å². The second-order valence-electron chi connectivity index (χ2n) is 6.33. The number of hydrogen-bond donors (Lipinski definition) is 0. The van der Waals surface area contributed by atoms with Crippen molar-refractivity contribution in [2.24, 2.45) is 5.41 Å². The lowest BCUT2D eigenvalue weighted by atomic mass is 9.95. The molecular weight excluding hydrogens is 404 g/mol. The molecule has 6 heteroatoms. The minimum atomic E-state index is -0.585. The van der Waals surface area contributed by atoms with Crippen LogP contribution >= 0.6 is 23.5 Å². The molecule has 0 bridgehead atoms. The summed E-state index contributed by atoms with van der Waals surface area (Å²) in [5.74, 6) is 0.204. The molecule has 0 aliphatic rings. The van der Waals surface area contributed by atoms with Gasteiger partial charge in [-0.1, -0.05) is 49.6 Å². The summed E-state index contributed by atoms with van der Waals surface area (Å²) in [7, 11) is 0. The highest BCUT2D eigenvalue weighted by atomic mass is 32.2. The van der Waals surface area contributed by atoms with Crippen LogP contribution in [0.1, 0.15) is 0 Å². The Hall–Kier alpha value is -2.44. The zero-order valence-corrected chi connectivity index (χ0v) is 17.8. The summed E-state index contributed by atoms with van der Waals surface area (Å²) in [6.07, 6.45) is 2.27. The van der Waals surface area contributed by atoms with Gasteiger partial charge in [-0.3, -0.25) is 0 Å². The van der Waals surface area contributed by atoms with Crippen molar-refractivity contribution in [1.29, 1.82) is 0 Å². The zero-order valence-electron chi connectivity index (χ0n) is 16.1. The van der Waals surface area contributed by atoms with Crippen molar-refractivity contribution in [2.75, 3.05) is 24.7 Å². The van der Waals surface area contributed by atoms with Crippen molar-refractivity contribution in [3.63, 3.8) is 0 Å². The maximum atomic E-state index is 11.7. The van der Waals surface area contributed by atoms with Gasteiger partial charge in [-0.25, -0.2) is 9.59 Å². The number of esters is 2. The third kappa shape index (κ3) is 8.21. The summed E-state index contributed by atoms with van der Waals surface area (Å²) in [6, 6.07) is 19.9. The van der Waals surface area contributed by atoms with Crippen LogP contribution in [0.15, 0.2) is 95.8 Å². The zero-order chi connectivity index (χ0) is 21.0. The predicted octanol–water partition coefficient (Wildman–Crippen LogP) is 5.02. The second kappa shape index (κ2) is 12.2. The Morgan fingerprint density at radius 1 is 0.759 bits per heavy atom. The Morgan fingerprint density at radius 2 is 1.14 bits per heavy atom. The number of carbonyl (C=O) groups excluding carboxylic acids is 2. The first-order valence-electron chi connectivity index (χ1n) is 9.01. The lowest BCUT2D eigenvalue weighted by Gasteiger charge is -2.32. The van der Waals surface area contributed by atoms with Gasteiger partial charge in [0.2, 0.25) is 0 Å². The van der Waals surface area contributed by atoms with E-state index in [0.717, 1.165) is 21.9 Å². The summed E-state index contributed by atoms with van der Waals surface area (Å²) in [6.45, 7) is 7.13. The van der Waals surface area contributed by atoms with E-state index >= 15 is 0 Å². The van der Waals surface area contributed by atoms with E-state index in [4.69, 9.17) is 9.47 Å². The van der Waals surface area contributed by atoms with Crippen LogP contribution in [0.4, 0.5) is 0 Å². The van der Waals surface area contributed by atoms with Crippen molar-refractivity contribution in [3.05, 3.63) is 86.0 Å². The molecule has 0 spiro atoms. The molecule has 2 rings (SSSR count). The molecule has 2 aromatic rings. The predicted molar refractivity (Wildman–Crippen MR) is 119 cm³/mol. The molecule has 0 N–H and O–H groups in total. The average Bonchev–Trinajstić information content (AvgIpc) is 2.79. The fourth-order valence-electron chi connectivity index (χ4n) is 2.32. The molecule has 2 aromatic carbocycles. The first-order chi connectivity index (χ1) is 14.1. The summed E-state index contributed by atoms with van der Waals surface area (Å²) in [5.41, 5.74) is -0.585. The molecule has 0 fully saturated rings. The molecule has 0 radical (unpaired) electrons. The van der Waals surface area contributed by atoms with Gasteiger partial charge in [0, 0.05) is 33.4 Å². The second-order valence-corrected chi connectivity index (χ2v) is 8.42. The number of thioether (sulfide) groups is 2. The first kappa shape index (κ1) is 22.8. The standard InChI is InChI=1S/C23H24O4S2/c1-3-21(24)26-15-23(16-27-22(25)4-2,17-28-19-11-7-5-8-12-19)18-29-20-13-9-6-10-14-20/h3-14H,1-2,15-18H2. The van der Waals surface area contributed by atoms with Gasteiger partial charge in [0.25, 0.3) is 0 Å². The molecule has 0 heterocycles. The molecule has 29 heavy (non-hydrogen) atoms. The molecule has 0 saturated heterocycles. The van der Waals surface area contributed by atoms with Crippen LogP contribution < -0.4 is 0 Å². The van der Waals surface area contributed by atoms with Gasteiger partial charge in [0.15, 0.2) is 0 Å². The molecule has 0 aliphatic carbocycles. The number of rotatable bonds is 12. The Labute approximate surface area is 180 Å². The van der Waals surface area contributed by atoms with Gasteiger partial charge in [-0.2, -0.15) is 0 Å². The largest absolute Gasteiger partial charge is 0.462 e. The summed E-state index contributed by atoms with van der Waals surface area (Å²) in [5, 5.41) is 0. The van der Waals surface area contributed by atoms with Gasteiger partial charge in [-0.15, -0.1) is 23.5 Å². The Balaban J connectivity index is 2.20. The van der Waals surface area contributed by atoms with Crippen LogP contribution in [-0.2, 0) is 19.1 Å². The topological polar surface area (TPSA) is 52.6 Å². The van der Waals surface area contributed by atoms with Crippen LogP contribution in [0, 0.1) is 5.41 Å². The van der Waals surface area contributed by atoms with E-state index in [1.54, 1.807) is 23.5 Å². The van der Waals surface area contributed by atoms with Gasteiger partial charge in [-0.05, 0) is 24.3 Å². The van der Waals surface area contributed by atoms with E-state index in [9.17, 15) is 9.59 Å². The van der Waals surface area contributed by atoms with Crippen LogP contribution in [0.3, 0.4) is 0 Å². The molecule has 0 aliphatic heterocycles. The highest BCUT2D eigenvalue weighted by Crippen LogP contribution is 2.35. The molecule has 0 atom stereocenters. The van der Waals surface area contributed by atoms with E-state index in [2.05, 4.69) is 13.2 Å². The molecule has 0 unspecified atom stereocenters. The van der Waals surface area contributed by atoms with Crippen molar-refractivity contribution in [1.82, 2.24) is 0 Å². The Bertz CT molecular complexity index is 737. The summed E-state index contributed by atoms with van der Waals surface area (Å²) < 4.78 is 10.8. The molecule has 0 saturated carbocycles. The summed E-state index contributed by atoms with van der Waals surface area (Å²) in [4.78, 5) is 25.6. The minimum Gasteiger partial charge on any atom is -0.462 e. The highest BCUT2D eigenvalue weighted by Gasteiger charge is 2.34. The fraction of sp³-hybridized carbons (Fsp3) is 0.217. The average molecular weight is 429 g/mol. The van der Waals surface area contributed by atoms with Crippen molar-refractivity contribution in [3.8, 4) is 0 Å².